The molecule has 0 saturated heterocycles. The molecule has 5 nitrogen and oxygen atoms in total. The SMILES string of the molecule is CCCN(CC)C(=O)NCCC(=O)O. The maximum absolute atomic E-state index is 11.4. The van der Waals surface area contributed by atoms with Gasteiger partial charge in [-0.2, -0.15) is 0 Å². The average Bonchev–Trinajstić information content (AvgIpc) is 2.13. The number of carbonyl (C=O) groups is 2. The Balaban J connectivity index is 3.74. The molecule has 0 aliphatic carbocycles. The van der Waals surface area contributed by atoms with E-state index in [2.05, 4.69) is 5.32 Å². The van der Waals surface area contributed by atoms with Gasteiger partial charge >= 0.3 is 12.0 Å². The molecule has 0 heterocycles. The summed E-state index contributed by atoms with van der Waals surface area (Å²) in [6.07, 6.45) is 0.871. The highest BCUT2D eigenvalue weighted by atomic mass is 16.4. The number of rotatable bonds is 6. The number of hydrogen-bond acceptors (Lipinski definition) is 2. The number of hydrogen-bond donors (Lipinski definition) is 2. The van der Waals surface area contributed by atoms with E-state index in [-0.39, 0.29) is 19.0 Å². The van der Waals surface area contributed by atoms with Crippen LogP contribution in [-0.2, 0) is 4.79 Å². The highest BCUT2D eigenvalue weighted by molar-refractivity contribution is 5.75. The second-order valence-electron chi connectivity index (χ2n) is 2.96. The van der Waals surface area contributed by atoms with Gasteiger partial charge in [0, 0.05) is 19.6 Å². The van der Waals surface area contributed by atoms with Crippen LogP contribution in [0.1, 0.15) is 26.7 Å². The lowest BCUT2D eigenvalue weighted by atomic mass is 10.4. The summed E-state index contributed by atoms with van der Waals surface area (Å²) in [7, 11) is 0. The normalized spacial score (nSPS) is 9.57. The van der Waals surface area contributed by atoms with Gasteiger partial charge in [-0.3, -0.25) is 4.79 Å². The first kappa shape index (κ1) is 12.7. The van der Waals surface area contributed by atoms with Crippen LogP contribution in [0.15, 0.2) is 0 Å². The zero-order valence-electron chi connectivity index (χ0n) is 8.75. The van der Waals surface area contributed by atoms with Gasteiger partial charge < -0.3 is 15.3 Å². The summed E-state index contributed by atoms with van der Waals surface area (Å²) < 4.78 is 0. The van der Waals surface area contributed by atoms with Crippen LogP contribution in [0.3, 0.4) is 0 Å². The number of nitrogens with zero attached hydrogens (tertiary/aromatic N) is 1. The molecule has 2 N–H and O–H groups in total. The lowest BCUT2D eigenvalue weighted by Crippen LogP contribution is -2.40. The number of amides is 2. The number of carboxylic acids is 1. The zero-order chi connectivity index (χ0) is 11.0. The summed E-state index contributed by atoms with van der Waals surface area (Å²) in [5.74, 6) is -0.899. The van der Waals surface area contributed by atoms with Crippen molar-refractivity contribution in [1.29, 1.82) is 0 Å². The molecule has 0 atom stereocenters. The van der Waals surface area contributed by atoms with Crippen molar-refractivity contribution in [2.45, 2.75) is 26.7 Å². The molecule has 0 aromatic rings. The fraction of sp³-hybridized carbons (Fsp3) is 0.778. The molecule has 0 radical (unpaired) electrons. The number of carboxylic acid groups (broad SMARTS) is 1. The fourth-order valence-corrected chi connectivity index (χ4v) is 1.06. The molecule has 0 saturated carbocycles. The van der Waals surface area contributed by atoms with Gasteiger partial charge in [0.2, 0.25) is 0 Å². The predicted molar refractivity (Wildman–Crippen MR) is 53.2 cm³/mol. The first-order chi connectivity index (χ1) is 6.61. The van der Waals surface area contributed by atoms with Gasteiger partial charge in [0.05, 0.1) is 6.42 Å². The molecule has 2 amide bonds. The molecule has 14 heavy (non-hydrogen) atoms. The molecule has 0 bridgehead atoms. The standard InChI is InChI=1S/C9H18N2O3/c1-3-7-11(4-2)9(14)10-6-5-8(12)13/h3-7H2,1-2H3,(H,10,14)(H,12,13). The van der Waals surface area contributed by atoms with E-state index >= 15 is 0 Å². The molecule has 82 valence electrons. The van der Waals surface area contributed by atoms with Crippen molar-refractivity contribution in [2.24, 2.45) is 0 Å². The first-order valence-corrected chi connectivity index (χ1v) is 4.86. The van der Waals surface area contributed by atoms with Crippen molar-refractivity contribution in [3.05, 3.63) is 0 Å². The van der Waals surface area contributed by atoms with Gasteiger partial charge in [0.25, 0.3) is 0 Å². The van der Waals surface area contributed by atoms with Crippen LogP contribution in [0, 0.1) is 0 Å². The minimum Gasteiger partial charge on any atom is -0.481 e. The maximum atomic E-state index is 11.4. The molecule has 0 aromatic heterocycles. The van der Waals surface area contributed by atoms with E-state index in [1.54, 1.807) is 4.90 Å². The zero-order valence-corrected chi connectivity index (χ0v) is 8.75. The van der Waals surface area contributed by atoms with E-state index < -0.39 is 5.97 Å². The van der Waals surface area contributed by atoms with Crippen molar-refractivity contribution < 1.29 is 14.7 Å². The Kier molecular flexibility index (Phi) is 6.53. The lowest BCUT2D eigenvalue weighted by molar-refractivity contribution is -0.136. The third-order valence-corrected chi connectivity index (χ3v) is 1.78. The van der Waals surface area contributed by atoms with Crippen LogP contribution in [0.4, 0.5) is 4.79 Å². The Morgan fingerprint density at radius 1 is 1.36 bits per heavy atom. The number of nitrogens with one attached hydrogen (secondary N) is 1. The molecule has 5 heteroatoms. The quantitative estimate of drug-likeness (QED) is 0.672. The first-order valence-electron chi connectivity index (χ1n) is 4.86. The third-order valence-electron chi connectivity index (χ3n) is 1.78. The van der Waals surface area contributed by atoms with Crippen LogP contribution in [0.25, 0.3) is 0 Å². The van der Waals surface area contributed by atoms with Gasteiger partial charge in [-0.05, 0) is 13.3 Å². The van der Waals surface area contributed by atoms with Gasteiger partial charge in [-0.1, -0.05) is 6.92 Å². The summed E-state index contributed by atoms with van der Waals surface area (Å²) in [6, 6.07) is -0.185. The van der Waals surface area contributed by atoms with Crippen molar-refractivity contribution in [3.63, 3.8) is 0 Å². The lowest BCUT2D eigenvalue weighted by Gasteiger charge is -2.20. The monoisotopic (exact) mass is 202 g/mol. The van der Waals surface area contributed by atoms with Gasteiger partial charge in [-0.15, -0.1) is 0 Å². The molecule has 0 spiro atoms. The van der Waals surface area contributed by atoms with Gasteiger partial charge in [0.15, 0.2) is 0 Å². The van der Waals surface area contributed by atoms with Crippen molar-refractivity contribution in [3.8, 4) is 0 Å². The highest BCUT2D eigenvalue weighted by Gasteiger charge is 2.09. The molecule has 0 aromatic carbocycles. The van der Waals surface area contributed by atoms with E-state index in [9.17, 15) is 9.59 Å². The van der Waals surface area contributed by atoms with Crippen LogP contribution in [0.5, 0.6) is 0 Å². The van der Waals surface area contributed by atoms with Crippen LogP contribution >= 0.6 is 0 Å². The number of urea groups is 1. The minimum absolute atomic E-state index is 0.0323. The summed E-state index contributed by atoms with van der Waals surface area (Å²) in [5.41, 5.74) is 0. The van der Waals surface area contributed by atoms with Crippen molar-refractivity contribution in [1.82, 2.24) is 10.2 Å². The Morgan fingerprint density at radius 2 is 2.00 bits per heavy atom. The minimum atomic E-state index is -0.899. The second-order valence-corrected chi connectivity index (χ2v) is 2.96. The smallest absolute Gasteiger partial charge is 0.317 e. The fourth-order valence-electron chi connectivity index (χ4n) is 1.06. The van der Waals surface area contributed by atoms with E-state index in [1.165, 1.54) is 0 Å². The molecule has 0 aliphatic rings. The Bertz CT molecular complexity index is 194. The Labute approximate surface area is 84.1 Å². The summed E-state index contributed by atoms with van der Waals surface area (Å²) in [6.45, 7) is 5.43. The van der Waals surface area contributed by atoms with Gasteiger partial charge in [-0.25, -0.2) is 4.79 Å². The summed E-state index contributed by atoms with van der Waals surface area (Å²) in [4.78, 5) is 23.2. The number of carbonyl (C=O) groups excluding carboxylic acids is 1. The summed E-state index contributed by atoms with van der Waals surface area (Å²) in [5, 5.41) is 10.9. The summed E-state index contributed by atoms with van der Waals surface area (Å²) >= 11 is 0. The molecule has 0 aliphatic heterocycles. The maximum Gasteiger partial charge on any atom is 0.317 e. The number of aliphatic carboxylic acids is 1. The van der Waals surface area contributed by atoms with Crippen LogP contribution in [-0.4, -0.2) is 41.6 Å². The Morgan fingerprint density at radius 3 is 2.43 bits per heavy atom. The van der Waals surface area contributed by atoms with Crippen LogP contribution < -0.4 is 5.32 Å². The third kappa shape index (κ3) is 5.40. The topological polar surface area (TPSA) is 69.6 Å². The van der Waals surface area contributed by atoms with Gasteiger partial charge in [0.1, 0.15) is 0 Å². The molecular formula is C9H18N2O3. The van der Waals surface area contributed by atoms with E-state index in [0.29, 0.717) is 13.1 Å². The van der Waals surface area contributed by atoms with Crippen molar-refractivity contribution >= 4 is 12.0 Å². The molecule has 0 rings (SSSR count). The predicted octanol–water partition coefficient (Wildman–Crippen LogP) is 0.903. The molecular weight excluding hydrogens is 184 g/mol. The highest BCUT2D eigenvalue weighted by Crippen LogP contribution is 1.91. The molecule has 0 fully saturated rings. The van der Waals surface area contributed by atoms with E-state index in [4.69, 9.17) is 5.11 Å². The van der Waals surface area contributed by atoms with Crippen LogP contribution in [0.2, 0.25) is 0 Å². The van der Waals surface area contributed by atoms with Crippen molar-refractivity contribution in [2.75, 3.05) is 19.6 Å². The second kappa shape index (κ2) is 7.17. The van der Waals surface area contributed by atoms with E-state index in [1.807, 2.05) is 13.8 Å². The largest absolute Gasteiger partial charge is 0.481 e. The molecule has 0 unspecified atom stereocenters. The van der Waals surface area contributed by atoms with E-state index in [0.717, 1.165) is 6.42 Å². The Hall–Kier alpha value is -1.26. The average molecular weight is 202 g/mol.